The van der Waals surface area contributed by atoms with Crippen LogP contribution < -0.4 is 14.8 Å². The average molecular weight is 327 g/mol. The number of aryl methyl sites for hydroxylation is 2. The van der Waals surface area contributed by atoms with E-state index in [9.17, 15) is 4.79 Å². The Morgan fingerprint density at radius 1 is 1.08 bits per heavy atom. The van der Waals surface area contributed by atoms with Gasteiger partial charge in [-0.25, -0.2) is 0 Å². The van der Waals surface area contributed by atoms with Crippen LogP contribution in [0.1, 0.15) is 25.0 Å². The lowest BCUT2D eigenvalue weighted by Crippen LogP contribution is -2.20. The third kappa shape index (κ3) is 5.61. The summed E-state index contributed by atoms with van der Waals surface area (Å²) in [5.41, 5.74) is 2.89. The largest absolute Gasteiger partial charge is 0.493 e. The zero-order valence-electron chi connectivity index (χ0n) is 14.8. The molecule has 24 heavy (non-hydrogen) atoms. The molecule has 0 saturated carbocycles. The Labute approximate surface area is 143 Å². The molecule has 0 aliphatic carbocycles. The molecule has 0 aromatic heterocycles. The fourth-order valence-corrected chi connectivity index (χ4v) is 2.23. The molecular weight excluding hydrogens is 302 g/mol. The first-order valence-electron chi connectivity index (χ1n) is 8.17. The molecule has 0 atom stereocenters. The standard InChI is InChI=1S/C20H25NO3/c1-14(2)12-23-18-7-5-6-17(11-18)21-20(22)13-24-19-9-8-15(3)10-16(19)4/h5-11,14H,12-13H2,1-4H3,(H,21,22). The second kappa shape index (κ2) is 8.39. The molecule has 2 aromatic carbocycles. The molecule has 0 unspecified atom stereocenters. The summed E-state index contributed by atoms with van der Waals surface area (Å²) in [6.07, 6.45) is 0. The van der Waals surface area contributed by atoms with Gasteiger partial charge in [0.25, 0.3) is 5.91 Å². The van der Waals surface area contributed by atoms with Crippen molar-refractivity contribution in [1.29, 1.82) is 0 Å². The lowest BCUT2D eigenvalue weighted by atomic mass is 10.1. The minimum absolute atomic E-state index is 0.0268. The first kappa shape index (κ1) is 17.9. The van der Waals surface area contributed by atoms with Gasteiger partial charge >= 0.3 is 0 Å². The summed E-state index contributed by atoms with van der Waals surface area (Å²) in [5.74, 6) is 1.73. The van der Waals surface area contributed by atoms with E-state index in [-0.39, 0.29) is 12.5 Å². The SMILES string of the molecule is Cc1ccc(OCC(=O)Nc2cccc(OCC(C)C)c2)c(C)c1. The number of ether oxygens (including phenoxy) is 2. The summed E-state index contributed by atoms with van der Waals surface area (Å²) in [4.78, 5) is 12.1. The predicted octanol–water partition coefficient (Wildman–Crippen LogP) is 4.36. The van der Waals surface area contributed by atoms with Crippen LogP contribution in [0, 0.1) is 19.8 Å². The number of hydrogen-bond donors (Lipinski definition) is 1. The lowest BCUT2D eigenvalue weighted by Gasteiger charge is -2.12. The maximum absolute atomic E-state index is 12.1. The van der Waals surface area contributed by atoms with E-state index in [4.69, 9.17) is 9.47 Å². The van der Waals surface area contributed by atoms with E-state index >= 15 is 0 Å². The van der Waals surface area contributed by atoms with E-state index < -0.39 is 0 Å². The summed E-state index contributed by atoms with van der Waals surface area (Å²) in [6.45, 7) is 8.80. The van der Waals surface area contributed by atoms with Crippen molar-refractivity contribution < 1.29 is 14.3 Å². The van der Waals surface area contributed by atoms with Crippen molar-refractivity contribution in [2.24, 2.45) is 5.92 Å². The van der Waals surface area contributed by atoms with Crippen molar-refractivity contribution in [3.05, 3.63) is 53.6 Å². The van der Waals surface area contributed by atoms with Gasteiger partial charge in [0, 0.05) is 11.8 Å². The van der Waals surface area contributed by atoms with Gasteiger partial charge in [0.2, 0.25) is 0 Å². The second-order valence-electron chi connectivity index (χ2n) is 6.34. The maximum atomic E-state index is 12.1. The van der Waals surface area contributed by atoms with Crippen LogP contribution in [0.25, 0.3) is 0 Å². The van der Waals surface area contributed by atoms with Crippen LogP contribution in [-0.2, 0) is 4.79 Å². The quantitative estimate of drug-likeness (QED) is 0.822. The summed E-state index contributed by atoms with van der Waals surface area (Å²) in [6, 6.07) is 13.3. The first-order chi connectivity index (χ1) is 11.4. The molecule has 2 aromatic rings. The van der Waals surface area contributed by atoms with Gasteiger partial charge in [0.15, 0.2) is 6.61 Å². The third-order valence-electron chi connectivity index (χ3n) is 3.39. The van der Waals surface area contributed by atoms with Gasteiger partial charge < -0.3 is 14.8 Å². The molecule has 1 amide bonds. The van der Waals surface area contributed by atoms with Gasteiger partial charge in [-0.1, -0.05) is 37.6 Å². The molecule has 4 heteroatoms. The molecule has 1 N–H and O–H groups in total. The summed E-state index contributed by atoms with van der Waals surface area (Å²) in [7, 11) is 0. The van der Waals surface area contributed by atoms with Crippen LogP contribution in [0.2, 0.25) is 0 Å². The predicted molar refractivity (Wildman–Crippen MR) is 96.8 cm³/mol. The van der Waals surface area contributed by atoms with Crippen molar-refractivity contribution in [2.45, 2.75) is 27.7 Å². The van der Waals surface area contributed by atoms with Gasteiger partial charge in [-0.3, -0.25) is 4.79 Å². The number of benzene rings is 2. The van der Waals surface area contributed by atoms with Gasteiger partial charge in [-0.15, -0.1) is 0 Å². The minimum atomic E-state index is -0.198. The highest BCUT2D eigenvalue weighted by molar-refractivity contribution is 5.92. The lowest BCUT2D eigenvalue weighted by molar-refractivity contribution is -0.118. The van der Waals surface area contributed by atoms with Crippen molar-refractivity contribution in [2.75, 3.05) is 18.5 Å². The molecule has 0 saturated heterocycles. The Morgan fingerprint density at radius 2 is 1.88 bits per heavy atom. The topological polar surface area (TPSA) is 47.6 Å². The monoisotopic (exact) mass is 327 g/mol. The highest BCUT2D eigenvalue weighted by atomic mass is 16.5. The van der Waals surface area contributed by atoms with E-state index in [2.05, 4.69) is 19.2 Å². The molecule has 0 spiro atoms. The number of carbonyl (C=O) groups is 1. The van der Waals surface area contributed by atoms with Crippen LogP contribution in [-0.4, -0.2) is 19.1 Å². The Balaban J connectivity index is 1.89. The molecule has 4 nitrogen and oxygen atoms in total. The minimum Gasteiger partial charge on any atom is -0.493 e. The molecule has 128 valence electrons. The number of amides is 1. The molecule has 2 rings (SSSR count). The van der Waals surface area contributed by atoms with Crippen molar-refractivity contribution in [1.82, 2.24) is 0 Å². The smallest absolute Gasteiger partial charge is 0.262 e. The average Bonchev–Trinajstić information content (AvgIpc) is 2.52. The molecule has 0 aliphatic heterocycles. The van der Waals surface area contributed by atoms with Gasteiger partial charge in [-0.05, 0) is 43.5 Å². The van der Waals surface area contributed by atoms with Gasteiger partial charge in [0.05, 0.1) is 6.61 Å². The molecule has 0 heterocycles. The van der Waals surface area contributed by atoms with Crippen molar-refractivity contribution >= 4 is 11.6 Å². The van der Waals surface area contributed by atoms with Crippen LogP contribution in [0.15, 0.2) is 42.5 Å². The van der Waals surface area contributed by atoms with Gasteiger partial charge in [0.1, 0.15) is 11.5 Å². The normalized spacial score (nSPS) is 10.5. The Hall–Kier alpha value is -2.49. The molecule has 0 fully saturated rings. The molecule has 0 bridgehead atoms. The van der Waals surface area contributed by atoms with Crippen molar-refractivity contribution in [3.63, 3.8) is 0 Å². The van der Waals surface area contributed by atoms with E-state index in [0.717, 1.165) is 17.1 Å². The summed E-state index contributed by atoms with van der Waals surface area (Å²) < 4.78 is 11.3. The number of anilines is 1. The maximum Gasteiger partial charge on any atom is 0.262 e. The second-order valence-corrected chi connectivity index (χ2v) is 6.34. The van der Waals surface area contributed by atoms with Crippen molar-refractivity contribution in [3.8, 4) is 11.5 Å². The summed E-state index contributed by atoms with van der Waals surface area (Å²) in [5, 5.41) is 2.83. The highest BCUT2D eigenvalue weighted by Crippen LogP contribution is 2.20. The van der Waals surface area contributed by atoms with Crippen LogP contribution >= 0.6 is 0 Å². The third-order valence-corrected chi connectivity index (χ3v) is 3.39. The fraction of sp³-hybridized carbons (Fsp3) is 0.350. The number of rotatable bonds is 7. The zero-order valence-corrected chi connectivity index (χ0v) is 14.8. The Kier molecular flexibility index (Phi) is 6.24. The van der Waals surface area contributed by atoms with E-state index in [1.807, 2.05) is 56.3 Å². The Morgan fingerprint density at radius 3 is 2.58 bits per heavy atom. The van der Waals surface area contributed by atoms with E-state index in [0.29, 0.717) is 18.2 Å². The summed E-state index contributed by atoms with van der Waals surface area (Å²) >= 11 is 0. The molecular formula is C20H25NO3. The zero-order chi connectivity index (χ0) is 17.5. The number of hydrogen-bond acceptors (Lipinski definition) is 3. The molecule has 0 radical (unpaired) electrons. The first-order valence-corrected chi connectivity index (χ1v) is 8.17. The van der Waals surface area contributed by atoms with E-state index in [1.54, 1.807) is 0 Å². The molecule has 0 aliphatic rings. The van der Waals surface area contributed by atoms with E-state index in [1.165, 1.54) is 5.56 Å². The van der Waals surface area contributed by atoms with Crippen LogP contribution in [0.5, 0.6) is 11.5 Å². The number of carbonyl (C=O) groups excluding carboxylic acids is 1. The number of nitrogens with one attached hydrogen (secondary N) is 1. The fourth-order valence-electron chi connectivity index (χ4n) is 2.23. The van der Waals surface area contributed by atoms with Gasteiger partial charge in [-0.2, -0.15) is 0 Å². The Bertz CT molecular complexity index is 695. The van der Waals surface area contributed by atoms with Crippen LogP contribution in [0.3, 0.4) is 0 Å². The highest BCUT2D eigenvalue weighted by Gasteiger charge is 2.07. The van der Waals surface area contributed by atoms with Crippen LogP contribution in [0.4, 0.5) is 5.69 Å².